The van der Waals surface area contributed by atoms with E-state index < -0.39 is 10.9 Å². The molecule has 0 radical (unpaired) electrons. The molecule has 2 rings (SSSR count). The zero-order valence-electron chi connectivity index (χ0n) is 8.39. The maximum Gasteiger partial charge on any atom is 0.198 e. The molecule has 0 aliphatic heterocycles. The first kappa shape index (κ1) is 11.6. The number of thiol groups is 1. The first-order valence-corrected chi connectivity index (χ1v) is 5.43. The lowest BCUT2D eigenvalue weighted by molar-refractivity contribution is 0.616. The minimum atomic E-state index is -2.62. The van der Waals surface area contributed by atoms with Gasteiger partial charge in [-0.3, -0.25) is 0 Å². The molecule has 0 aliphatic rings. The predicted molar refractivity (Wildman–Crippen MR) is 57.9 cm³/mol. The van der Waals surface area contributed by atoms with Crippen LogP contribution in [0, 0.1) is 13.8 Å². The number of H-pyrrole nitrogens is 1. The highest BCUT2D eigenvalue weighted by molar-refractivity contribution is 7.69. The van der Waals surface area contributed by atoms with E-state index in [0.29, 0.717) is 0 Å². The van der Waals surface area contributed by atoms with Gasteiger partial charge in [0, 0.05) is 6.20 Å². The Morgan fingerprint density at radius 3 is 2.40 bits per heavy atom. The number of fused-ring (bicyclic) bond motifs is 1. The van der Waals surface area contributed by atoms with Crippen molar-refractivity contribution in [1.29, 1.82) is 0 Å². The highest BCUT2D eigenvalue weighted by Gasteiger charge is 1.99. The van der Waals surface area contributed by atoms with E-state index in [4.69, 9.17) is 8.42 Å². The van der Waals surface area contributed by atoms with Gasteiger partial charge in [0.15, 0.2) is 16.5 Å². The lowest BCUT2D eigenvalue weighted by Crippen LogP contribution is -1.91. The number of aromatic amines is 1. The summed E-state index contributed by atoms with van der Waals surface area (Å²) in [6.45, 7) is 3.93. The third kappa shape index (κ3) is 3.30. The molecular weight excluding hydrogens is 216 g/mol. The minimum absolute atomic E-state index is 0.869. The average molecular weight is 228 g/mol. The molecule has 0 fully saturated rings. The van der Waals surface area contributed by atoms with Crippen LogP contribution in [0.4, 0.5) is 0 Å². The number of nitrogens with zero attached hydrogens (tertiary/aromatic N) is 2. The average Bonchev–Trinajstić information content (AvgIpc) is 2.51. The molecule has 2 heterocycles. The summed E-state index contributed by atoms with van der Waals surface area (Å²) in [5, 5.41) is 4.06. The fourth-order valence-corrected chi connectivity index (χ4v) is 1.04. The van der Waals surface area contributed by atoms with Gasteiger partial charge in [-0.1, -0.05) is 0 Å². The van der Waals surface area contributed by atoms with Gasteiger partial charge in [0.2, 0.25) is 0 Å². The highest BCUT2D eigenvalue weighted by atomic mass is 32.2. The van der Waals surface area contributed by atoms with Crippen LogP contribution in [0.2, 0.25) is 0 Å². The zero-order chi connectivity index (χ0) is 11.4. The smallest absolute Gasteiger partial charge is 0.198 e. The number of hydrogen-bond acceptors (Lipinski definition) is 4. The molecule has 0 bridgehead atoms. The van der Waals surface area contributed by atoms with Gasteiger partial charge in [0.25, 0.3) is 0 Å². The van der Waals surface area contributed by atoms with Gasteiger partial charge in [0.1, 0.15) is 5.52 Å². The van der Waals surface area contributed by atoms with Crippen LogP contribution in [-0.2, 0) is 10.9 Å². The van der Waals surface area contributed by atoms with Gasteiger partial charge in [-0.25, -0.2) is 23.5 Å². The van der Waals surface area contributed by atoms with Gasteiger partial charge in [-0.2, -0.15) is 0 Å². The molecule has 82 valence electrons. The van der Waals surface area contributed by atoms with Crippen LogP contribution in [-0.4, -0.2) is 23.4 Å². The van der Waals surface area contributed by atoms with E-state index in [-0.39, 0.29) is 0 Å². The first-order valence-electron chi connectivity index (χ1n) is 4.18. The molecule has 0 unspecified atom stereocenters. The van der Waals surface area contributed by atoms with E-state index in [2.05, 4.69) is 20.1 Å². The Kier molecular flexibility index (Phi) is 3.75. The molecule has 0 atom stereocenters. The molecule has 6 nitrogen and oxygen atoms in total. The Morgan fingerprint density at radius 1 is 1.27 bits per heavy atom. The van der Waals surface area contributed by atoms with Crippen LogP contribution in [0.1, 0.15) is 11.4 Å². The van der Waals surface area contributed by atoms with Gasteiger partial charge in [0.05, 0.1) is 11.4 Å². The largest absolute Gasteiger partial charge is 0.345 e. The molecule has 2 aromatic heterocycles. The van der Waals surface area contributed by atoms with Crippen LogP contribution >= 0.6 is 0 Å². The number of aryl methyl sites for hydroxylation is 2. The van der Waals surface area contributed by atoms with Crippen molar-refractivity contribution in [2.75, 3.05) is 0 Å². The fraction of sp³-hybridized carbons (Fsp3) is 0.250. The summed E-state index contributed by atoms with van der Waals surface area (Å²) >= 11 is 0. The Morgan fingerprint density at radius 2 is 1.80 bits per heavy atom. The zero-order valence-corrected chi connectivity index (χ0v) is 9.28. The van der Waals surface area contributed by atoms with Gasteiger partial charge in [-0.15, -0.1) is 0 Å². The lowest BCUT2D eigenvalue weighted by Gasteiger charge is -1.96. The van der Waals surface area contributed by atoms with E-state index >= 15 is 0 Å². The van der Waals surface area contributed by atoms with Crippen molar-refractivity contribution in [3.05, 3.63) is 23.7 Å². The fourth-order valence-electron chi connectivity index (χ4n) is 1.04. The summed E-state index contributed by atoms with van der Waals surface area (Å²) in [6, 6.07) is 1.93. The summed E-state index contributed by atoms with van der Waals surface area (Å²) in [7, 11) is -2.62. The van der Waals surface area contributed by atoms with Crippen molar-refractivity contribution in [3.8, 4) is 0 Å². The topological polar surface area (TPSA) is 102 Å². The van der Waals surface area contributed by atoms with Crippen LogP contribution in [0.25, 0.3) is 11.2 Å². The Hall–Kier alpha value is -1.47. The molecule has 0 aliphatic carbocycles. The second kappa shape index (κ2) is 4.85. The number of nitrogens with two attached hydrogens (primary N) is 1. The summed E-state index contributed by atoms with van der Waals surface area (Å²) in [5.41, 5.74) is 3.79. The number of aromatic nitrogens is 3. The molecule has 0 saturated carbocycles. The summed E-state index contributed by atoms with van der Waals surface area (Å²) in [6.07, 6.45) is 1.85. The Balaban J connectivity index is 0.000000245. The molecule has 0 amide bonds. The molecule has 2 aromatic rings. The summed E-state index contributed by atoms with van der Waals surface area (Å²) in [5.74, 6) is 0. The molecule has 15 heavy (non-hydrogen) atoms. The number of hydrogen-bond donors (Lipinski definition) is 3. The van der Waals surface area contributed by atoms with Gasteiger partial charge in [-0.05, 0) is 19.9 Å². The monoisotopic (exact) mass is 228 g/mol. The number of rotatable bonds is 0. The molecule has 3 N–H and O–H groups in total. The summed E-state index contributed by atoms with van der Waals surface area (Å²) in [4.78, 5) is 11.7. The second-order valence-corrected chi connectivity index (χ2v) is 3.46. The molecule has 7 heteroatoms. The molecule has 0 saturated heterocycles. The van der Waals surface area contributed by atoms with Crippen molar-refractivity contribution in [2.24, 2.45) is 5.14 Å². The number of nitrogens with one attached hydrogen (secondary N) is 1. The van der Waals surface area contributed by atoms with E-state index in [1.807, 2.05) is 26.1 Å². The van der Waals surface area contributed by atoms with Gasteiger partial charge >= 0.3 is 0 Å². The molecular formula is C8H12N4O2S. The van der Waals surface area contributed by atoms with Crippen molar-refractivity contribution < 1.29 is 8.42 Å². The van der Waals surface area contributed by atoms with E-state index in [1.54, 1.807) is 0 Å². The quantitative estimate of drug-likeness (QED) is 0.554. The minimum Gasteiger partial charge on any atom is -0.345 e. The van der Waals surface area contributed by atoms with Crippen molar-refractivity contribution in [2.45, 2.75) is 13.8 Å². The standard InChI is InChI=1S/C8H9N3.H3NO2S/c1-5-6(2)11-8-7(10-5)3-4-9-8;1-4(2)3/h3-4H,1-2H3,(H,9,11);4H,(H2,1,2,3). The van der Waals surface area contributed by atoms with E-state index in [0.717, 1.165) is 22.6 Å². The van der Waals surface area contributed by atoms with Gasteiger partial charge < -0.3 is 4.98 Å². The molecule has 0 aromatic carbocycles. The Bertz CT molecular complexity index is 488. The second-order valence-electron chi connectivity index (χ2n) is 2.89. The molecule has 0 spiro atoms. The predicted octanol–water partition coefficient (Wildman–Crippen LogP) is 0.0462. The maximum absolute atomic E-state index is 8.81. The van der Waals surface area contributed by atoms with Crippen LogP contribution in [0.5, 0.6) is 0 Å². The van der Waals surface area contributed by atoms with Crippen molar-refractivity contribution >= 4 is 22.1 Å². The highest BCUT2D eigenvalue weighted by Crippen LogP contribution is 2.08. The van der Waals surface area contributed by atoms with Crippen LogP contribution in [0.3, 0.4) is 0 Å². The maximum atomic E-state index is 8.81. The van der Waals surface area contributed by atoms with Crippen molar-refractivity contribution in [3.63, 3.8) is 0 Å². The Labute approximate surface area is 88.6 Å². The SMILES string of the molecule is Cc1nc2cc[nH]c2nc1C.N[SH](=O)=O. The lowest BCUT2D eigenvalue weighted by atomic mass is 10.3. The van der Waals surface area contributed by atoms with E-state index in [1.165, 1.54) is 0 Å². The first-order chi connectivity index (χ1) is 7.00. The third-order valence-electron chi connectivity index (χ3n) is 1.80. The van der Waals surface area contributed by atoms with Crippen molar-refractivity contribution in [1.82, 2.24) is 15.0 Å². The van der Waals surface area contributed by atoms with Crippen LogP contribution in [0.15, 0.2) is 12.3 Å². The van der Waals surface area contributed by atoms with E-state index in [9.17, 15) is 0 Å². The summed E-state index contributed by atoms with van der Waals surface area (Å²) < 4.78 is 17.6. The normalized spacial score (nSPS) is 10.1. The van der Waals surface area contributed by atoms with Crippen LogP contribution < -0.4 is 5.14 Å². The third-order valence-corrected chi connectivity index (χ3v) is 1.80.